The molecular weight excluding hydrogens is 438 g/mol. The van der Waals surface area contributed by atoms with Crippen molar-refractivity contribution in [3.63, 3.8) is 0 Å². The van der Waals surface area contributed by atoms with Crippen molar-refractivity contribution in [2.24, 2.45) is 14.1 Å². The molecule has 0 fully saturated rings. The number of nitrogens with one attached hydrogen (secondary N) is 1. The minimum atomic E-state index is -0.566. The van der Waals surface area contributed by atoms with E-state index in [4.69, 9.17) is 11.6 Å². The maximum Gasteiger partial charge on any atom is 0.332 e. The van der Waals surface area contributed by atoms with Gasteiger partial charge in [0, 0.05) is 30.2 Å². The minimum absolute atomic E-state index is 0.216. The van der Waals surface area contributed by atoms with Crippen LogP contribution < -0.4 is 16.6 Å². The van der Waals surface area contributed by atoms with Gasteiger partial charge in [0.15, 0.2) is 5.65 Å². The SMILES string of the molecule is CC(Sc1nc(C(C)(C)C)nc2c1c(=O)n(C)c(=O)n2C)C(=O)Nc1ccc(Cl)cc1. The molecule has 10 heteroatoms. The number of rotatable bonds is 4. The molecule has 1 amide bonds. The molecule has 8 nitrogen and oxygen atoms in total. The fraction of sp³-hybridized carbons (Fsp3) is 0.381. The largest absolute Gasteiger partial charge is 0.332 e. The number of nitrogens with zero attached hydrogens (tertiary/aromatic N) is 4. The Kier molecular flexibility index (Phi) is 6.29. The van der Waals surface area contributed by atoms with Gasteiger partial charge in [-0.1, -0.05) is 44.1 Å². The van der Waals surface area contributed by atoms with Crippen LogP contribution in [0.1, 0.15) is 33.5 Å². The molecule has 1 atom stereocenters. The van der Waals surface area contributed by atoms with E-state index in [-0.39, 0.29) is 16.9 Å². The van der Waals surface area contributed by atoms with Crippen LogP contribution in [0, 0.1) is 0 Å². The van der Waals surface area contributed by atoms with Crippen molar-refractivity contribution >= 4 is 46.0 Å². The molecule has 0 saturated carbocycles. The molecule has 3 rings (SSSR count). The lowest BCUT2D eigenvalue weighted by Crippen LogP contribution is -2.38. The molecular formula is C21H24ClN5O3S. The lowest BCUT2D eigenvalue weighted by Gasteiger charge is -2.20. The van der Waals surface area contributed by atoms with Crippen molar-refractivity contribution in [1.29, 1.82) is 0 Å². The Bertz CT molecular complexity index is 1280. The van der Waals surface area contributed by atoms with Crippen molar-refractivity contribution in [3.8, 4) is 0 Å². The summed E-state index contributed by atoms with van der Waals surface area (Å²) in [4.78, 5) is 47.2. The molecule has 2 heterocycles. The quantitative estimate of drug-likeness (QED) is 0.473. The summed E-state index contributed by atoms with van der Waals surface area (Å²) in [6.45, 7) is 7.56. The maximum atomic E-state index is 12.9. The Morgan fingerprint density at radius 3 is 2.29 bits per heavy atom. The molecule has 164 valence electrons. The number of hydrogen-bond donors (Lipinski definition) is 1. The summed E-state index contributed by atoms with van der Waals surface area (Å²) < 4.78 is 2.35. The highest BCUT2D eigenvalue weighted by molar-refractivity contribution is 8.00. The van der Waals surface area contributed by atoms with Crippen LogP contribution in [0.3, 0.4) is 0 Å². The second kappa shape index (κ2) is 8.47. The first-order valence-corrected chi connectivity index (χ1v) is 10.9. The van der Waals surface area contributed by atoms with Crippen LogP contribution in [0.25, 0.3) is 11.0 Å². The van der Waals surface area contributed by atoms with Gasteiger partial charge in [-0.15, -0.1) is 0 Å². The average molecular weight is 462 g/mol. The zero-order chi connectivity index (χ0) is 23.1. The summed E-state index contributed by atoms with van der Waals surface area (Å²) >= 11 is 7.04. The standard InChI is InChI=1S/C21H24ClN5O3S/c1-11(16(28)23-13-9-7-12(22)8-10-13)31-17-14-15(24-19(25-17)21(2,3)4)26(5)20(30)27(6)18(14)29/h7-11H,1-6H3,(H,23,28). The number of carbonyl (C=O) groups excluding carboxylic acids is 1. The number of amides is 1. The van der Waals surface area contributed by atoms with Gasteiger partial charge in [0.1, 0.15) is 16.2 Å². The zero-order valence-electron chi connectivity index (χ0n) is 18.2. The molecule has 0 aliphatic carbocycles. The van der Waals surface area contributed by atoms with E-state index in [1.165, 1.54) is 11.6 Å². The summed E-state index contributed by atoms with van der Waals surface area (Å²) in [6, 6.07) is 6.79. The van der Waals surface area contributed by atoms with Gasteiger partial charge in [0.05, 0.1) is 5.25 Å². The van der Waals surface area contributed by atoms with Crippen LogP contribution in [0.15, 0.2) is 38.9 Å². The predicted molar refractivity (Wildman–Crippen MR) is 124 cm³/mol. The van der Waals surface area contributed by atoms with Crippen LogP contribution in [-0.4, -0.2) is 30.3 Å². The Morgan fingerprint density at radius 2 is 1.71 bits per heavy atom. The minimum Gasteiger partial charge on any atom is -0.325 e. The van der Waals surface area contributed by atoms with Crippen molar-refractivity contribution in [3.05, 3.63) is 56.0 Å². The third-order valence-electron chi connectivity index (χ3n) is 4.71. The van der Waals surface area contributed by atoms with Crippen LogP contribution in [0.2, 0.25) is 5.02 Å². The van der Waals surface area contributed by atoms with E-state index in [9.17, 15) is 14.4 Å². The summed E-state index contributed by atoms with van der Waals surface area (Å²) in [7, 11) is 2.97. The van der Waals surface area contributed by atoms with E-state index in [1.807, 2.05) is 20.8 Å². The van der Waals surface area contributed by atoms with Crippen LogP contribution in [0.5, 0.6) is 0 Å². The summed E-state index contributed by atoms with van der Waals surface area (Å²) in [5.41, 5.74) is -0.522. The van der Waals surface area contributed by atoms with Gasteiger partial charge in [0.25, 0.3) is 5.56 Å². The zero-order valence-corrected chi connectivity index (χ0v) is 19.8. The Labute approximate surface area is 188 Å². The topological polar surface area (TPSA) is 98.9 Å². The molecule has 0 bridgehead atoms. The first kappa shape index (κ1) is 23.0. The van der Waals surface area contributed by atoms with Gasteiger partial charge < -0.3 is 5.32 Å². The number of hydrogen-bond acceptors (Lipinski definition) is 6. The normalized spacial score (nSPS) is 12.7. The van der Waals surface area contributed by atoms with Crippen LogP contribution in [0.4, 0.5) is 5.69 Å². The number of anilines is 1. The first-order chi connectivity index (χ1) is 14.4. The van der Waals surface area contributed by atoms with Crippen molar-refractivity contribution in [2.75, 3.05) is 5.32 Å². The molecule has 0 spiro atoms. The van der Waals surface area contributed by atoms with Gasteiger partial charge in [-0.3, -0.25) is 18.7 Å². The summed E-state index contributed by atoms with van der Waals surface area (Å²) in [6.07, 6.45) is 0. The third-order valence-corrected chi connectivity index (χ3v) is 6.05. The van der Waals surface area contributed by atoms with Crippen LogP contribution in [-0.2, 0) is 24.3 Å². The maximum absolute atomic E-state index is 12.9. The lowest BCUT2D eigenvalue weighted by molar-refractivity contribution is -0.115. The molecule has 0 saturated heterocycles. The molecule has 2 aromatic heterocycles. The lowest BCUT2D eigenvalue weighted by atomic mass is 9.96. The first-order valence-electron chi connectivity index (χ1n) is 9.61. The number of fused-ring (bicyclic) bond motifs is 1. The molecule has 1 aromatic carbocycles. The number of halogens is 1. The smallest absolute Gasteiger partial charge is 0.325 e. The molecule has 1 unspecified atom stereocenters. The highest BCUT2D eigenvalue weighted by atomic mass is 35.5. The molecule has 3 aromatic rings. The number of benzene rings is 1. The number of aryl methyl sites for hydroxylation is 1. The average Bonchev–Trinajstić information content (AvgIpc) is 2.71. The van der Waals surface area contributed by atoms with E-state index < -0.39 is 21.9 Å². The number of aromatic nitrogens is 4. The Balaban J connectivity index is 2.07. The monoisotopic (exact) mass is 461 g/mol. The van der Waals surface area contributed by atoms with Gasteiger partial charge in [-0.05, 0) is 31.2 Å². The third kappa shape index (κ3) is 4.67. The fourth-order valence-corrected chi connectivity index (χ4v) is 3.91. The Hall–Kier alpha value is -2.65. The van der Waals surface area contributed by atoms with Crippen molar-refractivity contribution in [2.45, 2.75) is 43.4 Å². The van der Waals surface area contributed by atoms with Crippen molar-refractivity contribution < 1.29 is 4.79 Å². The van der Waals surface area contributed by atoms with Gasteiger partial charge in [-0.25, -0.2) is 14.8 Å². The Morgan fingerprint density at radius 1 is 1.10 bits per heavy atom. The predicted octanol–water partition coefficient (Wildman–Crippen LogP) is 3.10. The second-order valence-corrected chi connectivity index (χ2v) is 10.0. The summed E-state index contributed by atoms with van der Waals surface area (Å²) in [5.74, 6) is 0.231. The molecule has 0 aliphatic heterocycles. The highest BCUT2D eigenvalue weighted by Crippen LogP contribution is 2.30. The van der Waals surface area contributed by atoms with Gasteiger partial charge >= 0.3 is 5.69 Å². The van der Waals surface area contributed by atoms with E-state index in [0.29, 0.717) is 21.6 Å². The number of carbonyl (C=O) groups is 1. The highest BCUT2D eigenvalue weighted by Gasteiger charge is 2.26. The fourth-order valence-electron chi connectivity index (χ4n) is 2.85. The number of thioether (sulfide) groups is 1. The van der Waals surface area contributed by atoms with Gasteiger partial charge in [-0.2, -0.15) is 0 Å². The summed E-state index contributed by atoms with van der Waals surface area (Å²) in [5, 5.41) is 3.42. The van der Waals surface area contributed by atoms with E-state index in [1.54, 1.807) is 38.2 Å². The van der Waals surface area contributed by atoms with E-state index in [0.717, 1.165) is 16.3 Å². The van der Waals surface area contributed by atoms with E-state index >= 15 is 0 Å². The molecule has 0 radical (unpaired) electrons. The molecule has 0 aliphatic rings. The van der Waals surface area contributed by atoms with Gasteiger partial charge in [0.2, 0.25) is 5.91 Å². The second-order valence-electron chi connectivity index (χ2n) is 8.26. The van der Waals surface area contributed by atoms with E-state index in [2.05, 4.69) is 15.3 Å². The molecule has 31 heavy (non-hydrogen) atoms. The van der Waals surface area contributed by atoms with Crippen LogP contribution >= 0.6 is 23.4 Å². The van der Waals surface area contributed by atoms with Crippen molar-refractivity contribution in [1.82, 2.24) is 19.1 Å². The molecule has 1 N–H and O–H groups in total.